The molecule has 8 nitrogen and oxygen atoms in total. The normalized spacial score (nSPS) is 11.2. The van der Waals surface area contributed by atoms with Gasteiger partial charge in [0.15, 0.2) is 6.04 Å². The van der Waals surface area contributed by atoms with Gasteiger partial charge in [-0.15, -0.1) is 0 Å². The van der Waals surface area contributed by atoms with Gasteiger partial charge in [0.25, 0.3) is 0 Å². The Hall–Kier alpha value is -5.05. The van der Waals surface area contributed by atoms with Crippen molar-refractivity contribution < 1.29 is 32.9 Å². The number of benzene rings is 4. The molecule has 0 aliphatic rings. The Kier molecular flexibility index (Phi) is 8.97. The first-order valence-electron chi connectivity index (χ1n) is 12.2. The van der Waals surface area contributed by atoms with Gasteiger partial charge in [-0.05, 0) is 54.4 Å². The highest BCUT2D eigenvalue weighted by Gasteiger charge is 2.25. The van der Waals surface area contributed by atoms with Crippen LogP contribution in [0.25, 0.3) is 0 Å². The summed E-state index contributed by atoms with van der Waals surface area (Å²) in [5, 5.41) is 2.57. The molecule has 4 rings (SSSR count). The van der Waals surface area contributed by atoms with Crippen molar-refractivity contribution in [3.63, 3.8) is 0 Å². The molecule has 1 amide bonds. The van der Waals surface area contributed by atoms with Crippen LogP contribution in [-0.4, -0.2) is 18.7 Å². The van der Waals surface area contributed by atoms with Crippen molar-refractivity contribution >= 4 is 17.7 Å². The number of alkyl carbamates (subject to hydrolysis) is 1. The Bertz CT molecular complexity index is 1400. The van der Waals surface area contributed by atoms with Gasteiger partial charge in [0.05, 0.1) is 6.61 Å². The summed E-state index contributed by atoms with van der Waals surface area (Å²) in [4.78, 5) is 25.0. The van der Waals surface area contributed by atoms with Crippen LogP contribution in [0.2, 0.25) is 0 Å². The van der Waals surface area contributed by atoms with Crippen molar-refractivity contribution in [3.05, 3.63) is 114 Å². The van der Waals surface area contributed by atoms with E-state index < -0.39 is 18.1 Å². The summed E-state index contributed by atoms with van der Waals surface area (Å²) in [5.41, 5.74) is 7.70. The molecule has 4 aromatic carbocycles. The fourth-order valence-electron chi connectivity index (χ4n) is 3.60. The molecule has 1 unspecified atom stereocenters. The fourth-order valence-corrected chi connectivity index (χ4v) is 3.60. The van der Waals surface area contributed by atoms with Crippen LogP contribution in [0, 0.1) is 5.82 Å². The number of nitrogen functional groups attached to an aromatic ring is 1. The zero-order valence-corrected chi connectivity index (χ0v) is 21.1. The van der Waals surface area contributed by atoms with Crippen LogP contribution in [0.1, 0.15) is 24.1 Å². The lowest BCUT2D eigenvalue weighted by molar-refractivity contribution is -0.145. The summed E-state index contributed by atoms with van der Waals surface area (Å²) in [7, 11) is 0. The van der Waals surface area contributed by atoms with Crippen LogP contribution < -0.4 is 20.5 Å². The SMILES string of the molecule is CCOC(=O)C(NC(=O)OCc1ccccc1)c1ccc(Oc2cc(N)cc(Oc3ccc(F)cc3)c2)cc1. The second-order valence-corrected chi connectivity index (χ2v) is 8.36. The number of nitrogens with one attached hydrogen (secondary N) is 1. The molecule has 3 N–H and O–H groups in total. The highest BCUT2D eigenvalue weighted by atomic mass is 19.1. The zero-order valence-electron chi connectivity index (χ0n) is 21.1. The van der Waals surface area contributed by atoms with Crippen molar-refractivity contribution in [1.29, 1.82) is 0 Å². The maximum absolute atomic E-state index is 13.2. The topological polar surface area (TPSA) is 109 Å². The van der Waals surface area contributed by atoms with Gasteiger partial charge in [0.2, 0.25) is 0 Å². The molecule has 0 aliphatic heterocycles. The Labute approximate surface area is 225 Å². The summed E-state index contributed by atoms with van der Waals surface area (Å²) in [6.07, 6.45) is -0.759. The first kappa shape index (κ1) is 27.0. The highest BCUT2D eigenvalue weighted by molar-refractivity contribution is 5.82. The van der Waals surface area contributed by atoms with E-state index in [0.717, 1.165) is 5.56 Å². The molecule has 39 heavy (non-hydrogen) atoms. The molecule has 0 radical (unpaired) electrons. The number of hydrogen-bond donors (Lipinski definition) is 2. The Morgan fingerprint density at radius 2 is 1.38 bits per heavy atom. The van der Waals surface area contributed by atoms with Crippen LogP contribution >= 0.6 is 0 Å². The third kappa shape index (κ3) is 7.96. The van der Waals surface area contributed by atoms with Gasteiger partial charge in [-0.3, -0.25) is 0 Å². The van der Waals surface area contributed by atoms with E-state index in [1.807, 2.05) is 30.3 Å². The van der Waals surface area contributed by atoms with Crippen LogP contribution in [0.15, 0.2) is 97.1 Å². The van der Waals surface area contributed by atoms with Crippen molar-refractivity contribution in [2.45, 2.75) is 19.6 Å². The minimum absolute atomic E-state index is 0.0576. The minimum atomic E-state index is -1.08. The highest BCUT2D eigenvalue weighted by Crippen LogP contribution is 2.32. The summed E-state index contributed by atoms with van der Waals surface area (Å²) >= 11 is 0. The van der Waals surface area contributed by atoms with Crippen LogP contribution in [0.3, 0.4) is 0 Å². The van der Waals surface area contributed by atoms with Crippen molar-refractivity contribution in [1.82, 2.24) is 5.32 Å². The Balaban J connectivity index is 1.43. The quantitative estimate of drug-likeness (QED) is 0.177. The average molecular weight is 531 g/mol. The van der Waals surface area contributed by atoms with Gasteiger partial charge < -0.3 is 30.0 Å². The second kappa shape index (κ2) is 13.0. The monoisotopic (exact) mass is 530 g/mol. The number of carbonyl (C=O) groups excluding carboxylic acids is 2. The molecule has 0 spiro atoms. The minimum Gasteiger partial charge on any atom is -0.464 e. The van der Waals surface area contributed by atoms with E-state index in [-0.39, 0.29) is 19.0 Å². The third-order valence-electron chi connectivity index (χ3n) is 5.40. The van der Waals surface area contributed by atoms with Crippen molar-refractivity contribution in [3.8, 4) is 23.0 Å². The molecule has 0 fully saturated rings. The van der Waals surface area contributed by atoms with E-state index in [4.69, 9.17) is 24.7 Å². The van der Waals surface area contributed by atoms with Gasteiger partial charge in [-0.25, -0.2) is 14.0 Å². The number of nitrogens with two attached hydrogens (primary N) is 1. The summed E-state index contributed by atoms with van der Waals surface area (Å²) in [5.74, 6) is 0.717. The van der Waals surface area contributed by atoms with Crippen molar-refractivity contribution in [2.24, 2.45) is 0 Å². The van der Waals surface area contributed by atoms with E-state index in [2.05, 4.69) is 5.32 Å². The maximum Gasteiger partial charge on any atom is 0.408 e. The lowest BCUT2D eigenvalue weighted by Crippen LogP contribution is -2.35. The predicted molar refractivity (Wildman–Crippen MR) is 143 cm³/mol. The van der Waals surface area contributed by atoms with E-state index in [9.17, 15) is 14.0 Å². The van der Waals surface area contributed by atoms with E-state index in [1.165, 1.54) is 24.3 Å². The Morgan fingerprint density at radius 1 is 0.795 bits per heavy atom. The van der Waals surface area contributed by atoms with Crippen LogP contribution in [-0.2, 0) is 20.9 Å². The molecule has 0 aromatic heterocycles. The predicted octanol–water partition coefficient (Wildman–Crippen LogP) is 6.52. The summed E-state index contributed by atoms with van der Waals surface area (Å²) in [6, 6.07) is 25.1. The molecular formula is C30H27FN2O6. The molecule has 0 saturated heterocycles. The fraction of sp³-hybridized carbons (Fsp3) is 0.133. The van der Waals surface area contributed by atoms with Gasteiger partial charge >= 0.3 is 12.1 Å². The average Bonchev–Trinajstić information content (AvgIpc) is 2.93. The first-order chi connectivity index (χ1) is 18.9. The number of esters is 1. The zero-order chi connectivity index (χ0) is 27.6. The van der Waals surface area contributed by atoms with Gasteiger partial charge in [0.1, 0.15) is 35.4 Å². The third-order valence-corrected chi connectivity index (χ3v) is 5.40. The standard InChI is InChI=1S/C30H27FN2O6/c1-2-36-29(34)28(33-30(35)37-19-20-6-4-3-5-7-20)21-8-12-24(13-9-21)38-26-16-23(32)17-27(18-26)39-25-14-10-22(31)11-15-25/h3-18,28H,2,19,32H2,1H3,(H,33,35). The second-order valence-electron chi connectivity index (χ2n) is 8.36. The number of rotatable bonds is 10. The number of amides is 1. The van der Waals surface area contributed by atoms with E-state index >= 15 is 0 Å². The number of carbonyl (C=O) groups is 2. The van der Waals surface area contributed by atoms with Gasteiger partial charge in [0, 0.05) is 23.9 Å². The lowest BCUT2D eigenvalue weighted by Gasteiger charge is -2.18. The number of anilines is 1. The molecular weight excluding hydrogens is 503 g/mol. The molecule has 1 atom stereocenters. The molecule has 0 saturated carbocycles. The van der Waals surface area contributed by atoms with Crippen LogP contribution in [0.5, 0.6) is 23.0 Å². The smallest absolute Gasteiger partial charge is 0.408 e. The molecule has 0 heterocycles. The number of halogens is 1. The van der Waals surface area contributed by atoms with E-state index in [1.54, 1.807) is 49.4 Å². The largest absolute Gasteiger partial charge is 0.464 e. The van der Waals surface area contributed by atoms with Gasteiger partial charge in [-0.1, -0.05) is 42.5 Å². The molecule has 200 valence electrons. The molecule has 9 heteroatoms. The molecule has 4 aromatic rings. The molecule has 0 bridgehead atoms. The first-order valence-corrected chi connectivity index (χ1v) is 12.2. The number of ether oxygens (including phenoxy) is 4. The Morgan fingerprint density at radius 3 is 1.97 bits per heavy atom. The maximum atomic E-state index is 13.2. The van der Waals surface area contributed by atoms with Crippen LogP contribution in [0.4, 0.5) is 14.9 Å². The number of hydrogen-bond acceptors (Lipinski definition) is 7. The molecule has 0 aliphatic carbocycles. The van der Waals surface area contributed by atoms with Gasteiger partial charge in [-0.2, -0.15) is 0 Å². The lowest BCUT2D eigenvalue weighted by atomic mass is 10.1. The van der Waals surface area contributed by atoms with E-state index in [0.29, 0.717) is 34.2 Å². The summed E-state index contributed by atoms with van der Waals surface area (Å²) < 4.78 is 35.2. The summed E-state index contributed by atoms with van der Waals surface area (Å²) in [6.45, 7) is 1.89. The van der Waals surface area contributed by atoms with Crippen molar-refractivity contribution in [2.75, 3.05) is 12.3 Å².